The van der Waals surface area contributed by atoms with Gasteiger partial charge in [0.1, 0.15) is 0 Å². The Balaban J connectivity index is 2.31. The SMILES string of the molecule is CCCC1CCCCN1c1c(Cl)cccc1CCN. The van der Waals surface area contributed by atoms with Crippen molar-refractivity contribution in [1.29, 1.82) is 0 Å². The number of hydrogen-bond donors (Lipinski definition) is 1. The number of hydrogen-bond acceptors (Lipinski definition) is 2. The van der Waals surface area contributed by atoms with Gasteiger partial charge in [0.05, 0.1) is 10.7 Å². The largest absolute Gasteiger partial charge is 0.367 e. The van der Waals surface area contributed by atoms with E-state index >= 15 is 0 Å². The molecule has 1 heterocycles. The molecule has 0 aromatic heterocycles. The number of halogens is 1. The maximum Gasteiger partial charge on any atom is 0.0642 e. The van der Waals surface area contributed by atoms with Crippen molar-refractivity contribution in [2.24, 2.45) is 5.73 Å². The molecule has 0 bridgehead atoms. The summed E-state index contributed by atoms with van der Waals surface area (Å²) in [6.07, 6.45) is 7.31. The van der Waals surface area contributed by atoms with Gasteiger partial charge in [-0.15, -0.1) is 0 Å². The second-order valence-corrected chi connectivity index (χ2v) is 5.83. The minimum atomic E-state index is 0.648. The van der Waals surface area contributed by atoms with Gasteiger partial charge in [0.25, 0.3) is 0 Å². The highest BCUT2D eigenvalue weighted by molar-refractivity contribution is 6.33. The molecule has 1 atom stereocenters. The van der Waals surface area contributed by atoms with Crippen molar-refractivity contribution in [1.82, 2.24) is 0 Å². The van der Waals surface area contributed by atoms with E-state index in [1.165, 1.54) is 43.4 Å². The van der Waals surface area contributed by atoms with Gasteiger partial charge in [-0.05, 0) is 50.3 Å². The predicted octanol–water partition coefficient (Wildman–Crippen LogP) is 4.00. The third-order valence-electron chi connectivity index (χ3n) is 4.02. The molecular formula is C16H25ClN2. The lowest BCUT2D eigenvalue weighted by Crippen LogP contribution is -2.40. The molecule has 1 aliphatic rings. The smallest absolute Gasteiger partial charge is 0.0642 e. The average molecular weight is 281 g/mol. The molecule has 106 valence electrons. The molecule has 3 heteroatoms. The number of anilines is 1. The van der Waals surface area contributed by atoms with Crippen LogP contribution in [0.2, 0.25) is 5.02 Å². The van der Waals surface area contributed by atoms with Gasteiger partial charge in [-0.2, -0.15) is 0 Å². The average Bonchev–Trinajstić information content (AvgIpc) is 2.41. The van der Waals surface area contributed by atoms with E-state index in [0.29, 0.717) is 12.6 Å². The molecule has 1 aliphatic heterocycles. The third kappa shape index (κ3) is 3.43. The molecule has 0 spiro atoms. The third-order valence-corrected chi connectivity index (χ3v) is 4.33. The minimum Gasteiger partial charge on any atom is -0.367 e. The molecule has 0 amide bonds. The molecule has 2 N–H and O–H groups in total. The fraction of sp³-hybridized carbons (Fsp3) is 0.625. The van der Waals surface area contributed by atoms with Gasteiger partial charge in [-0.25, -0.2) is 0 Å². The molecule has 2 nitrogen and oxygen atoms in total. The van der Waals surface area contributed by atoms with E-state index in [-0.39, 0.29) is 0 Å². The summed E-state index contributed by atoms with van der Waals surface area (Å²) in [6, 6.07) is 6.87. The van der Waals surface area contributed by atoms with E-state index in [0.717, 1.165) is 18.0 Å². The first-order valence-corrected chi connectivity index (χ1v) is 7.89. The zero-order valence-electron chi connectivity index (χ0n) is 11.9. The number of para-hydroxylation sites is 1. The summed E-state index contributed by atoms with van der Waals surface area (Å²) in [5.41, 5.74) is 8.29. The molecule has 1 saturated heterocycles. The monoisotopic (exact) mass is 280 g/mol. The van der Waals surface area contributed by atoms with Gasteiger partial charge in [0, 0.05) is 12.6 Å². The van der Waals surface area contributed by atoms with E-state index in [1.54, 1.807) is 0 Å². The van der Waals surface area contributed by atoms with Crippen LogP contribution in [0.1, 0.15) is 44.6 Å². The lowest BCUT2D eigenvalue weighted by atomic mass is 9.96. The Morgan fingerprint density at radius 3 is 2.95 bits per heavy atom. The number of piperidine rings is 1. The molecule has 1 unspecified atom stereocenters. The van der Waals surface area contributed by atoms with Crippen LogP contribution in [-0.2, 0) is 6.42 Å². The van der Waals surface area contributed by atoms with E-state index in [9.17, 15) is 0 Å². The Morgan fingerprint density at radius 1 is 1.37 bits per heavy atom. The standard InChI is InChI=1S/C16H25ClN2/c1-2-6-14-8-3-4-12-19(14)16-13(10-11-18)7-5-9-15(16)17/h5,7,9,14H,2-4,6,8,10-12,18H2,1H3. The summed E-state index contributed by atoms with van der Waals surface area (Å²) in [4.78, 5) is 2.54. The van der Waals surface area contributed by atoms with Gasteiger partial charge < -0.3 is 10.6 Å². The summed E-state index contributed by atoms with van der Waals surface area (Å²) in [5, 5.41) is 0.883. The van der Waals surface area contributed by atoms with Crippen molar-refractivity contribution >= 4 is 17.3 Å². The van der Waals surface area contributed by atoms with E-state index in [4.69, 9.17) is 17.3 Å². The summed E-state index contributed by atoms with van der Waals surface area (Å²) in [6.45, 7) is 4.08. The number of rotatable bonds is 5. The van der Waals surface area contributed by atoms with Crippen LogP contribution in [0, 0.1) is 0 Å². The van der Waals surface area contributed by atoms with Crippen molar-refractivity contribution in [2.75, 3.05) is 18.0 Å². The summed E-state index contributed by atoms with van der Waals surface area (Å²) in [5.74, 6) is 0. The first kappa shape index (κ1) is 14.7. The molecule has 0 aliphatic carbocycles. The Bertz CT molecular complexity index is 404. The zero-order chi connectivity index (χ0) is 13.7. The molecule has 1 fully saturated rings. The first-order chi connectivity index (χ1) is 9.27. The molecule has 0 saturated carbocycles. The van der Waals surface area contributed by atoms with Gasteiger partial charge in [0.15, 0.2) is 0 Å². The lowest BCUT2D eigenvalue weighted by Gasteiger charge is -2.39. The van der Waals surface area contributed by atoms with E-state index < -0.39 is 0 Å². The van der Waals surface area contributed by atoms with E-state index in [2.05, 4.69) is 17.9 Å². The van der Waals surface area contributed by atoms with Crippen LogP contribution >= 0.6 is 11.6 Å². The Hall–Kier alpha value is -0.730. The maximum atomic E-state index is 6.48. The van der Waals surface area contributed by atoms with Crippen molar-refractivity contribution in [2.45, 2.75) is 51.5 Å². The second-order valence-electron chi connectivity index (χ2n) is 5.42. The molecule has 0 radical (unpaired) electrons. The normalized spacial score (nSPS) is 19.7. The van der Waals surface area contributed by atoms with Crippen molar-refractivity contribution in [3.8, 4) is 0 Å². The van der Waals surface area contributed by atoms with Gasteiger partial charge in [-0.3, -0.25) is 0 Å². The first-order valence-electron chi connectivity index (χ1n) is 7.52. The summed E-state index contributed by atoms with van der Waals surface area (Å²) < 4.78 is 0. The fourth-order valence-electron chi connectivity index (χ4n) is 3.17. The van der Waals surface area contributed by atoms with Gasteiger partial charge in [0.2, 0.25) is 0 Å². The molecule has 2 rings (SSSR count). The Morgan fingerprint density at radius 2 is 2.21 bits per heavy atom. The van der Waals surface area contributed by atoms with Crippen molar-refractivity contribution < 1.29 is 0 Å². The molecular weight excluding hydrogens is 256 g/mol. The van der Waals surface area contributed by atoms with Crippen LogP contribution in [-0.4, -0.2) is 19.1 Å². The number of benzene rings is 1. The highest BCUT2D eigenvalue weighted by Crippen LogP contribution is 2.35. The highest BCUT2D eigenvalue weighted by atomic mass is 35.5. The van der Waals surface area contributed by atoms with Crippen LogP contribution in [0.3, 0.4) is 0 Å². The maximum absolute atomic E-state index is 6.48. The van der Waals surface area contributed by atoms with Crippen molar-refractivity contribution in [3.63, 3.8) is 0 Å². The fourth-order valence-corrected chi connectivity index (χ4v) is 3.47. The van der Waals surface area contributed by atoms with Crippen LogP contribution in [0.25, 0.3) is 0 Å². The Labute approximate surface area is 121 Å². The van der Waals surface area contributed by atoms with Crippen LogP contribution in [0.4, 0.5) is 5.69 Å². The summed E-state index contributed by atoms with van der Waals surface area (Å²) >= 11 is 6.48. The topological polar surface area (TPSA) is 29.3 Å². The van der Waals surface area contributed by atoms with Gasteiger partial charge in [-0.1, -0.05) is 37.1 Å². The number of nitrogens with zero attached hydrogens (tertiary/aromatic N) is 1. The summed E-state index contributed by atoms with van der Waals surface area (Å²) in [7, 11) is 0. The van der Waals surface area contributed by atoms with E-state index in [1.807, 2.05) is 12.1 Å². The minimum absolute atomic E-state index is 0.648. The lowest BCUT2D eigenvalue weighted by molar-refractivity contribution is 0.434. The second kappa shape index (κ2) is 7.16. The highest BCUT2D eigenvalue weighted by Gasteiger charge is 2.25. The quantitative estimate of drug-likeness (QED) is 0.883. The molecule has 1 aromatic carbocycles. The van der Waals surface area contributed by atoms with Gasteiger partial charge >= 0.3 is 0 Å². The molecule has 19 heavy (non-hydrogen) atoms. The van der Waals surface area contributed by atoms with Crippen molar-refractivity contribution in [3.05, 3.63) is 28.8 Å². The Kier molecular flexibility index (Phi) is 5.53. The van der Waals surface area contributed by atoms with Crippen LogP contribution in [0.5, 0.6) is 0 Å². The zero-order valence-corrected chi connectivity index (χ0v) is 12.6. The van der Waals surface area contributed by atoms with Crippen LogP contribution in [0.15, 0.2) is 18.2 Å². The van der Waals surface area contributed by atoms with Crippen LogP contribution < -0.4 is 10.6 Å². The predicted molar refractivity (Wildman–Crippen MR) is 84.1 cm³/mol. The number of nitrogens with two attached hydrogens (primary N) is 1. The molecule has 1 aromatic rings.